The molecular weight excluding hydrogens is 469 g/mol. The maximum atomic E-state index is 12.8. The quantitative estimate of drug-likeness (QED) is 0.262. The van der Waals surface area contributed by atoms with Crippen LogP contribution in [0.25, 0.3) is 0 Å². The molecule has 0 aromatic carbocycles. The van der Waals surface area contributed by atoms with Crippen molar-refractivity contribution >= 4 is 16.1 Å². The molecule has 0 bridgehead atoms. The molecule has 0 amide bonds. The average Bonchev–Trinajstić information content (AvgIpc) is 3.02. The second-order valence-electron chi connectivity index (χ2n) is 12.6. The van der Waals surface area contributed by atoms with Gasteiger partial charge in [0.25, 0.3) is 0 Å². The van der Waals surface area contributed by atoms with Crippen molar-refractivity contribution in [2.24, 2.45) is 40.4 Å². The van der Waals surface area contributed by atoms with Gasteiger partial charge in [-0.1, -0.05) is 6.92 Å². The summed E-state index contributed by atoms with van der Waals surface area (Å²) >= 11 is 0. The predicted molar refractivity (Wildman–Crippen MR) is 119 cm³/mol. The van der Waals surface area contributed by atoms with Crippen molar-refractivity contribution in [2.45, 2.75) is 109 Å². The first-order chi connectivity index (χ1) is 15.7. The van der Waals surface area contributed by atoms with E-state index in [4.69, 9.17) is 4.74 Å². The Morgan fingerprint density at radius 3 is 2.26 bits per heavy atom. The van der Waals surface area contributed by atoms with Crippen LogP contribution >= 0.6 is 0 Å². The maximum Gasteiger partial charge on any atom is 0.523 e. The van der Waals surface area contributed by atoms with Gasteiger partial charge >= 0.3 is 21.6 Å². The third kappa shape index (κ3) is 3.65. The summed E-state index contributed by atoms with van der Waals surface area (Å²) < 4.78 is 72.2. The third-order valence-electron chi connectivity index (χ3n) is 10.7. The van der Waals surface area contributed by atoms with E-state index in [2.05, 4.69) is 11.1 Å². The lowest BCUT2D eigenvalue weighted by molar-refractivity contribution is -0.210. The summed E-state index contributed by atoms with van der Waals surface area (Å²) in [6, 6.07) is 0. The molecule has 34 heavy (non-hydrogen) atoms. The molecule has 5 nitrogen and oxygen atoms in total. The van der Waals surface area contributed by atoms with E-state index in [-0.39, 0.29) is 22.9 Å². The van der Waals surface area contributed by atoms with Crippen molar-refractivity contribution in [3.8, 4) is 0 Å². The number of halogens is 3. The molecule has 4 aliphatic carbocycles. The normalized spacial score (nSPS) is 46.4. The standard InChI is InChI=1S/C25H37F3O5S/c1-22(2)12-13-24(32-21(22)29)11-9-20-19-6-4-15-14-16(33-34(30,31)25(26,27)28)5-7-17(15)18(19)8-10-23(20,24)3/h15-20H,4-14H2,1-3H3/t15?,16?,17?,18?,19?,20?,23-,24+/m0/s1. The Morgan fingerprint density at radius 1 is 0.882 bits per heavy atom. The molecule has 5 fully saturated rings. The highest BCUT2D eigenvalue weighted by Crippen LogP contribution is 2.68. The second-order valence-corrected chi connectivity index (χ2v) is 14.2. The molecule has 1 heterocycles. The van der Waals surface area contributed by atoms with Crippen LogP contribution in [0.4, 0.5) is 13.2 Å². The first-order valence-corrected chi connectivity index (χ1v) is 14.3. The van der Waals surface area contributed by atoms with Crippen LogP contribution in [0.2, 0.25) is 0 Å². The Labute approximate surface area is 200 Å². The predicted octanol–water partition coefficient (Wildman–Crippen LogP) is 5.98. The SMILES string of the molecule is CC1(C)CC[C@@]2(CCC3C4CCC5CC(OS(=O)(=O)C(F)(F)F)CCC5C4CC[C@@]32C)OC1=O. The number of alkyl halides is 3. The van der Waals surface area contributed by atoms with Gasteiger partial charge in [0.05, 0.1) is 11.5 Å². The fourth-order valence-electron chi connectivity index (χ4n) is 8.79. The summed E-state index contributed by atoms with van der Waals surface area (Å²) in [6.07, 6.45) is 8.36. The smallest absolute Gasteiger partial charge is 0.458 e. The molecule has 8 atom stereocenters. The van der Waals surface area contributed by atoms with E-state index in [1.165, 1.54) is 0 Å². The summed E-state index contributed by atoms with van der Waals surface area (Å²) in [6.45, 7) is 6.27. The number of carbonyl (C=O) groups excluding carboxylic acids is 1. The lowest BCUT2D eigenvalue weighted by atomic mass is 9.48. The van der Waals surface area contributed by atoms with Gasteiger partial charge in [-0.25, -0.2) is 0 Å². The summed E-state index contributed by atoms with van der Waals surface area (Å²) in [7, 11) is -5.55. The van der Waals surface area contributed by atoms with Crippen LogP contribution in [0.15, 0.2) is 0 Å². The van der Waals surface area contributed by atoms with Crippen LogP contribution in [0.5, 0.6) is 0 Å². The Morgan fingerprint density at radius 2 is 1.59 bits per heavy atom. The molecule has 0 aromatic rings. The van der Waals surface area contributed by atoms with Gasteiger partial charge in [0.2, 0.25) is 0 Å². The summed E-state index contributed by atoms with van der Waals surface area (Å²) in [5.41, 5.74) is -6.17. The Bertz CT molecular complexity index is 947. The van der Waals surface area contributed by atoms with Crippen LogP contribution < -0.4 is 0 Å². The highest BCUT2D eigenvalue weighted by atomic mass is 32.2. The molecular formula is C25H37F3O5S. The van der Waals surface area contributed by atoms with Gasteiger partial charge in [0.15, 0.2) is 0 Å². The Balaban J connectivity index is 1.29. The fourth-order valence-corrected chi connectivity index (χ4v) is 9.43. The van der Waals surface area contributed by atoms with Crippen molar-refractivity contribution < 1.29 is 35.3 Å². The van der Waals surface area contributed by atoms with Crippen LogP contribution in [0.3, 0.4) is 0 Å². The highest BCUT2D eigenvalue weighted by molar-refractivity contribution is 7.87. The molecule has 4 saturated carbocycles. The molecule has 1 aliphatic heterocycles. The minimum absolute atomic E-state index is 0.0196. The monoisotopic (exact) mass is 506 g/mol. The van der Waals surface area contributed by atoms with E-state index in [0.717, 1.165) is 57.8 Å². The third-order valence-corrected chi connectivity index (χ3v) is 11.8. The number of fused-ring (bicyclic) bond motifs is 6. The number of rotatable bonds is 2. The molecule has 5 aliphatic rings. The maximum absolute atomic E-state index is 12.8. The summed E-state index contributed by atoms with van der Waals surface area (Å²) in [4.78, 5) is 12.8. The fraction of sp³-hybridized carbons (Fsp3) is 0.960. The summed E-state index contributed by atoms with van der Waals surface area (Å²) in [5, 5.41) is 0. The molecule has 0 N–H and O–H groups in total. The van der Waals surface area contributed by atoms with Crippen LogP contribution in [-0.4, -0.2) is 31.6 Å². The molecule has 194 valence electrons. The number of hydrogen-bond acceptors (Lipinski definition) is 5. The Hall–Kier alpha value is -0.830. The van der Waals surface area contributed by atoms with Gasteiger partial charge in [0.1, 0.15) is 5.60 Å². The molecule has 1 saturated heterocycles. The first-order valence-electron chi connectivity index (χ1n) is 12.9. The van der Waals surface area contributed by atoms with Gasteiger partial charge < -0.3 is 4.74 Å². The van der Waals surface area contributed by atoms with E-state index in [0.29, 0.717) is 36.5 Å². The lowest BCUT2D eigenvalue weighted by Crippen LogP contribution is -2.58. The zero-order chi connectivity index (χ0) is 24.7. The minimum atomic E-state index is -5.55. The number of ether oxygens (including phenoxy) is 1. The van der Waals surface area contributed by atoms with Gasteiger partial charge in [-0.15, -0.1) is 0 Å². The van der Waals surface area contributed by atoms with Gasteiger partial charge in [-0.05, 0) is 114 Å². The number of carbonyl (C=O) groups is 1. The highest BCUT2D eigenvalue weighted by Gasteiger charge is 2.66. The molecule has 0 radical (unpaired) electrons. The molecule has 9 heteroatoms. The van der Waals surface area contributed by atoms with Gasteiger partial charge in [0, 0.05) is 5.41 Å². The van der Waals surface area contributed by atoms with Gasteiger partial charge in [-0.3, -0.25) is 8.98 Å². The zero-order valence-corrected chi connectivity index (χ0v) is 21.1. The molecule has 5 rings (SSSR count). The molecule has 0 aromatic heterocycles. The van der Waals surface area contributed by atoms with E-state index in [9.17, 15) is 26.4 Å². The Kier molecular flexibility index (Phi) is 5.72. The average molecular weight is 507 g/mol. The zero-order valence-electron chi connectivity index (χ0n) is 20.3. The van der Waals surface area contributed by atoms with E-state index < -0.39 is 27.1 Å². The lowest BCUT2D eigenvalue weighted by Gasteiger charge is -2.59. The van der Waals surface area contributed by atoms with Crippen molar-refractivity contribution in [2.75, 3.05) is 0 Å². The van der Waals surface area contributed by atoms with Crippen molar-refractivity contribution in [3.63, 3.8) is 0 Å². The first kappa shape index (κ1) is 24.8. The molecule has 1 spiro atoms. The minimum Gasteiger partial charge on any atom is -0.458 e. The van der Waals surface area contributed by atoms with E-state index >= 15 is 0 Å². The van der Waals surface area contributed by atoms with E-state index in [1.807, 2.05) is 13.8 Å². The molecule has 6 unspecified atom stereocenters. The van der Waals surface area contributed by atoms with Crippen molar-refractivity contribution in [1.29, 1.82) is 0 Å². The topological polar surface area (TPSA) is 69.7 Å². The van der Waals surface area contributed by atoms with Crippen LogP contribution in [0.1, 0.15) is 91.4 Å². The number of hydrogen-bond donors (Lipinski definition) is 0. The van der Waals surface area contributed by atoms with Crippen LogP contribution in [-0.2, 0) is 23.8 Å². The second kappa shape index (κ2) is 7.83. The largest absolute Gasteiger partial charge is 0.523 e. The van der Waals surface area contributed by atoms with Gasteiger partial charge in [-0.2, -0.15) is 21.6 Å². The van der Waals surface area contributed by atoms with Crippen molar-refractivity contribution in [3.05, 3.63) is 0 Å². The van der Waals surface area contributed by atoms with E-state index in [1.54, 1.807) is 0 Å². The summed E-state index contributed by atoms with van der Waals surface area (Å²) in [5.74, 6) is 2.13. The van der Waals surface area contributed by atoms with Crippen LogP contribution in [0, 0.1) is 40.4 Å². The van der Waals surface area contributed by atoms with Crippen molar-refractivity contribution in [1.82, 2.24) is 0 Å². The number of esters is 1.